The zero-order valence-electron chi connectivity index (χ0n) is 8.26. The molecule has 1 fully saturated rings. The molecule has 0 radical (unpaired) electrons. The molecule has 1 saturated heterocycles. The average Bonchev–Trinajstić information content (AvgIpc) is 1.82. The van der Waals surface area contributed by atoms with E-state index in [4.69, 9.17) is 4.74 Å². The normalized spacial score (nSPS) is 23.4. The van der Waals surface area contributed by atoms with Gasteiger partial charge in [-0.25, -0.2) is 0 Å². The molecule has 3 heteroatoms. The van der Waals surface area contributed by atoms with E-state index in [1.807, 2.05) is 32.6 Å². The lowest BCUT2D eigenvalue weighted by atomic mass is 10.0. The Labute approximate surface area is 73.7 Å². The van der Waals surface area contributed by atoms with Crippen LogP contribution in [0.2, 0.25) is 0 Å². The predicted octanol–water partition coefficient (Wildman–Crippen LogP) is 1.03. The van der Waals surface area contributed by atoms with Crippen LogP contribution in [-0.4, -0.2) is 35.6 Å². The summed E-state index contributed by atoms with van der Waals surface area (Å²) >= 11 is 0. The van der Waals surface area contributed by atoms with Crippen LogP contribution in [-0.2, 0) is 9.53 Å². The van der Waals surface area contributed by atoms with Crippen molar-refractivity contribution < 1.29 is 9.53 Å². The van der Waals surface area contributed by atoms with E-state index < -0.39 is 0 Å². The molecule has 1 aliphatic heterocycles. The molecule has 0 spiro atoms. The zero-order chi connectivity index (χ0) is 9.35. The Hall–Kier alpha value is -0.570. The molecular formula is C9H17NO2. The molecule has 0 aromatic rings. The first-order chi connectivity index (χ1) is 5.45. The molecule has 0 N–H and O–H groups in total. The number of rotatable bonds is 1. The van der Waals surface area contributed by atoms with E-state index in [-0.39, 0.29) is 24.1 Å². The standard InChI is InChI=1S/C9H17NO2/c1-7(2)10-8(11)5-12-6-9(10,3)4/h7H,5-6H2,1-4H3. The summed E-state index contributed by atoms with van der Waals surface area (Å²) in [5.41, 5.74) is -0.149. The van der Waals surface area contributed by atoms with Gasteiger partial charge in [0.05, 0.1) is 12.1 Å². The van der Waals surface area contributed by atoms with Crippen LogP contribution < -0.4 is 0 Å². The highest BCUT2D eigenvalue weighted by Crippen LogP contribution is 2.22. The molecule has 1 rings (SSSR count). The summed E-state index contributed by atoms with van der Waals surface area (Å²) in [4.78, 5) is 13.4. The first-order valence-electron chi connectivity index (χ1n) is 4.35. The van der Waals surface area contributed by atoms with Gasteiger partial charge in [0.25, 0.3) is 0 Å². The lowest BCUT2D eigenvalue weighted by Crippen LogP contribution is -2.58. The van der Waals surface area contributed by atoms with Gasteiger partial charge in [0.15, 0.2) is 0 Å². The van der Waals surface area contributed by atoms with E-state index >= 15 is 0 Å². The summed E-state index contributed by atoms with van der Waals surface area (Å²) in [6.45, 7) is 9.00. The molecule has 12 heavy (non-hydrogen) atoms. The molecular weight excluding hydrogens is 154 g/mol. The molecule has 0 aromatic heterocycles. The number of hydrogen-bond acceptors (Lipinski definition) is 2. The molecule has 3 nitrogen and oxygen atoms in total. The van der Waals surface area contributed by atoms with Gasteiger partial charge < -0.3 is 9.64 Å². The van der Waals surface area contributed by atoms with Gasteiger partial charge in [-0.1, -0.05) is 0 Å². The molecule has 0 aromatic carbocycles. The maximum atomic E-state index is 11.5. The van der Waals surface area contributed by atoms with Crippen LogP contribution in [0.4, 0.5) is 0 Å². The fourth-order valence-electron chi connectivity index (χ4n) is 1.85. The third kappa shape index (κ3) is 1.61. The number of amides is 1. The number of carbonyl (C=O) groups is 1. The Bertz CT molecular complexity index is 187. The average molecular weight is 171 g/mol. The fourth-order valence-corrected chi connectivity index (χ4v) is 1.85. The first-order valence-corrected chi connectivity index (χ1v) is 4.35. The van der Waals surface area contributed by atoms with Crippen molar-refractivity contribution >= 4 is 5.91 Å². The molecule has 0 unspecified atom stereocenters. The van der Waals surface area contributed by atoms with Gasteiger partial charge in [0.1, 0.15) is 6.61 Å². The van der Waals surface area contributed by atoms with E-state index in [1.165, 1.54) is 0 Å². The minimum absolute atomic E-state index is 0.0984. The van der Waals surface area contributed by atoms with Crippen molar-refractivity contribution in [1.82, 2.24) is 4.90 Å². The molecule has 70 valence electrons. The van der Waals surface area contributed by atoms with E-state index in [0.29, 0.717) is 6.61 Å². The van der Waals surface area contributed by atoms with Crippen LogP contribution in [0.1, 0.15) is 27.7 Å². The van der Waals surface area contributed by atoms with E-state index in [0.717, 1.165) is 0 Å². The summed E-state index contributed by atoms with van der Waals surface area (Å²) in [5.74, 6) is 0.0984. The van der Waals surface area contributed by atoms with Crippen LogP contribution in [0.5, 0.6) is 0 Å². The van der Waals surface area contributed by atoms with Crippen LogP contribution in [0.3, 0.4) is 0 Å². The van der Waals surface area contributed by atoms with Gasteiger partial charge in [0, 0.05) is 6.04 Å². The zero-order valence-corrected chi connectivity index (χ0v) is 8.26. The molecule has 0 saturated carbocycles. The van der Waals surface area contributed by atoms with Gasteiger partial charge in [-0.3, -0.25) is 4.79 Å². The minimum atomic E-state index is -0.149. The maximum Gasteiger partial charge on any atom is 0.249 e. The summed E-state index contributed by atoms with van der Waals surface area (Å²) < 4.78 is 5.19. The second kappa shape index (κ2) is 3.05. The topological polar surface area (TPSA) is 29.5 Å². The van der Waals surface area contributed by atoms with Crippen LogP contribution in [0.25, 0.3) is 0 Å². The van der Waals surface area contributed by atoms with Gasteiger partial charge >= 0.3 is 0 Å². The maximum absolute atomic E-state index is 11.5. The molecule has 0 bridgehead atoms. The second-order valence-corrected chi connectivity index (χ2v) is 4.16. The van der Waals surface area contributed by atoms with Gasteiger partial charge in [0.2, 0.25) is 5.91 Å². The van der Waals surface area contributed by atoms with Crippen molar-refractivity contribution in [2.45, 2.75) is 39.3 Å². The third-order valence-electron chi connectivity index (χ3n) is 2.12. The van der Waals surface area contributed by atoms with Crippen molar-refractivity contribution in [1.29, 1.82) is 0 Å². The number of ether oxygens (including phenoxy) is 1. The second-order valence-electron chi connectivity index (χ2n) is 4.16. The van der Waals surface area contributed by atoms with Gasteiger partial charge in [-0.2, -0.15) is 0 Å². The lowest BCUT2D eigenvalue weighted by Gasteiger charge is -2.44. The quantitative estimate of drug-likeness (QED) is 0.589. The highest BCUT2D eigenvalue weighted by atomic mass is 16.5. The van der Waals surface area contributed by atoms with E-state index in [2.05, 4.69) is 0 Å². The number of nitrogens with zero attached hydrogens (tertiary/aromatic N) is 1. The third-order valence-corrected chi connectivity index (χ3v) is 2.12. The minimum Gasteiger partial charge on any atom is -0.369 e. The molecule has 1 amide bonds. The SMILES string of the molecule is CC(C)N1C(=O)COCC1(C)C. The Morgan fingerprint density at radius 1 is 1.50 bits per heavy atom. The number of carbonyl (C=O) groups excluding carboxylic acids is 1. The van der Waals surface area contributed by atoms with Crippen molar-refractivity contribution in [2.75, 3.05) is 13.2 Å². The Morgan fingerprint density at radius 3 is 2.42 bits per heavy atom. The van der Waals surface area contributed by atoms with E-state index in [1.54, 1.807) is 0 Å². The number of hydrogen-bond donors (Lipinski definition) is 0. The Balaban J connectivity index is 2.81. The summed E-state index contributed by atoms with van der Waals surface area (Å²) in [6, 6.07) is 0.261. The highest BCUT2D eigenvalue weighted by Gasteiger charge is 2.36. The largest absolute Gasteiger partial charge is 0.369 e. The van der Waals surface area contributed by atoms with Gasteiger partial charge in [-0.15, -0.1) is 0 Å². The predicted molar refractivity (Wildman–Crippen MR) is 46.9 cm³/mol. The lowest BCUT2D eigenvalue weighted by molar-refractivity contribution is -0.158. The summed E-state index contributed by atoms with van der Waals surface area (Å²) in [7, 11) is 0. The first kappa shape index (κ1) is 9.52. The van der Waals surface area contributed by atoms with Crippen molar-refractivity contribution in [3.8, 4) is 0 Å². The fraction of sp³-hybridized carbons (Fsp3) is 0.889. The van der Waals surface area contributed by atoms with Gasteiger partial charge in [-0.05, 0) is 27.7 Å². The molecule has 0 atom stereocenters. The summed E-state index contributed by atoms with van der Waals surface area (Å²) in [5, 5.41) is 0. The molecule has 1 heterocycles. The smallest absolute Gasteiger partial charge is 0.249 e. The molecule has 1 aliphatic rings. The number of morpholine rings is 1. The highest BCUT2D eigenvalue weighted by molar-refractivity contribution is 5.79. The van der Waals surface area contributed by atoms with Crippen molar-refractivity contribution in [3.63, 3.8) is 0 Å². The Morgan fingerprint density at radius 2 is 2.08 bits per heavy atom. The monoisotopic (exact) mass is 171 g/mol. The van der Waals surface area contributed by atoms with Crippen LogP contribution in [0, 0.1) is 0 Å². The van der Waals surface area contributed by atoms with Crippen LogP contribution >= 0.6 is 0 Å². The summed E-state index contributed by atoms with van der Waals surface area (Å²) in [6.07, 6.45) is 0. The van der Waals surface area contributed by atoms with Crippen LogP contribution in [0.15, 0.2) is 0 Å². The molecule has 0 aliphatic carbocycles. The van der Waals surface area contributed by atoms with Crippen molar-refractivity contribution in [3.05, 3.63) is 0 Å². The van der Waals surface area contributed by atoms with Crippen molar-refractivity contribution in [2.24, 2.45) is 0 Å². The Kier molecular flexibility index (Phi) is 2.42. The van der Waals surface area contributed by atoms with E-state index in [9.17, 15) is 4.79 Å².